The lowest BCUT2D eigenvalue weighted by molar-refractivity contribution is -0.142. The van der Waals surface area contributed by atoms with Crippen LogP contribution in [0.3, 0.4) is 0 Å². The molecule has 0 saturated carbocycles. The molecule has 0 aromatic heterocycles. The molecule has 0 aromatic carbocycles. The van der Waals surface area contributed by atoms with Crippen molar-refractivity contribution in [3.63, 3.8) is 0 Å². The second-order valence-electron chi connectivity index (χ2n) is 3.87. The van der Waals surface area contributed by atoms with E-state index in [1.54, 1.807) is 0 Å². The number of hydrogen-bond acceptors (Lipinski definition) is 2. The Hall–Kier alpha value is -0.0800. The molecule has 0 amide bonds. The van der Waals surface area contributed by atoms with Crippen molar-refractivity contribution in [3.8, 4) is 0 Å². The maximum atomic E-state index is 5.26. The van der Waals surface area contributed by atoms with Gasteiger partial charge in [-0.05, 0) is 32.9 Å². The topological polar surface area (TPSA) is 12.5 Å². The smallest absolute Gasteiger partial charge is 0.0557 e. The number of ether oxygens (including phenoxy) is 1. The van der Waals surface area contributed by atoms with Gasteiger partial charge in [0.1, 0.15) is 0 Å². The Morgan fingerprint density at radius 2 is 2.27 bits per heavy atom. The first kappa shape index (κ1) is 7.56. The lowest BCUT2D eigenvalue weighted by Gasteiger charge is -2.48. The summed E-state index contributed by atoms with van der Waals surface area (Å²) < 4.78 is 5.26. The largest absolute Gasteiger partial charge is 0.380 e. The van der Waals surface area contributed by atoms with Crippen LogP contribution in [0.15, 0.2) is 0 Å². The zero-order valence-electron chi connectivity index (χ0n) is 7.01. The van der Waals surface area contributed by atoms with Gasteiger partial charge >= 0.3 is 0 Å². The van der Waals surface area contributed by atoms with Gasteiger partial charge in [0.15, 0.2) is 0 Å². The lowest BCUT2D eigenvalue weighted by atomic mass is 9.78. The van der Waals surface area contributed by atoms with E-state index in [4.69, 9.17) is 4.74 Å². The van der Waals surface area contributed by atoms with E-state index in [2.05, 4.69) is 11.8 Å². The predicted molar refractivity (Wildman–Crippen MR) is 44.3 cm³/mol. The molecule has 2 heteroatoms. The molecule has 0 aliphatic carbocycles. The van der Waals surface area contributed by atoms with E-state index < -0.39 is 0 Å². The number of nitrogens with zero attached hydrogens (tertiary/aromatic N) is 1. The Balaban J connectivity index is 1.92. The van der Waals surface area contributed by atoms with Gasteiger partial charge in [-0.15, -0.1) is 0 Å². The van der Waals surface area contributed by atoms with Gasteiger partial charge < -0.3 is 9.64 Å². The number of rotatable bonds is 1. The second kappa shape index (κ2) is 2.76. The summed E-state index contributed by atoms with van der Waals surface area (Å²) in [4.78, 5) is 2.44. The fourth-order valence-corrected chi connectivity index (χ4v) is 2.13. The van der Waals surface area contributed by atoms with Crippen molar-refractivity contribution in [3.05, 3.63) is 6.92 Å². The van der Waals surface area contributed by atoms with Crippen molar-refractivity contribution in [1.29, 1.82) is 0 Å². The summed E-state index contributed by atoms with van der Waals surface area (Å²) in [5.41, 5.74) is 0.538. The molecule has 0 N–H and O–H groups in total. The van der Waals surface area contributed by atoms with Crippen molar-refractivity contribution < 1.29 is 4.74 Å². The fraction of sp³-hybridized carbons (Fsp3) is 0.889. The Kier molecular flexibility index (Phi) is 1.90. The van der Waals surface area contributed by atoms with Crippen molar-refractivity contribution in [2.75, 3.05) is 32.8 Å². The third-order valence-corrected chi connectivity index (χ3v) is 2.87. The Morgan fingerprint density at radius 3 is 2.82 bits per heavy atom. The van der Waals surface area contributed by atoms with Gasteiger partial charge in [0, 0.05) is 12.0 Å². The molecular formula is C9H16NO. The highest BCUT2D eigenvalue weighted by Gasteiger charge is 2.41. The third-order valence-electron chi connectivity index (χ3n) is 2.87. The summed E-state index contributed by atoms with van der Waals surface area (Å²) in [5, 5.41) is 0. The van der Waals surface area contributed by atoms with Crippen LogP contribution in [0.25, 0.3) is 0 Å². The van der Waals surface area contributed by atoms with E-state index in [1.165, 1.54) is 25.9 Å². The van der Waals surface area contributed by atoms with E-state index in [-0.39, 0.29) is 0 Å². The minimum atomic E-state index is 0.538. The molecule has 11 heavy (non-hydrogen) atoms. The molecule has 2 saturated heterocycles. The van der Waals surface area contributed by atoms with E-state index >= 15 is 0 Å². The Labute approximate surface area is 68.5 Å². The van der Waals surface area contributed by atoms with Crippen LogP contribution in [0.1, 0.15) is 12.8 Å². The Morgan fingerprint density at radius 1 is 1.45 bits per heavy atom. The van der Waals surface area contributed by atoms with Crippen LogP contribution in [-0.2, 0) is 4.74 Å². The first-order chi connectivity index (χ1) is 5.35. The molecular weight excluding hydrogens is 138 g/mol. The molecule has 2 nitrogen and oxygen atoms in total. The molecule has 1 radical (unpaired) electrons. The van der Waals surface area contributed by atoms with E-state index in [0.717, 1.165) is 19.8 Å². The average Bonchev–Trinajstić information content (AvgIpc) is 2.02. The number of hydrogen-bond donors (Lipinski definition) is 0. The lowest BCUT2D eigenvalue weighted by Crippen LogP contribution is -2.54. The monoisotopic (exact) mass is 154 g/mol. The highest BCUT2D eigenvalue weighted by Crippen LogP contribution is 2.36. The second-order valence-corrected chi connectivity index (χ2v) is 3.87. The molecule has 2 heterocycles. The van der Waals surface area contributed by atoms with Gasteiger partial charge in [0.2, 0.25) is 0 Å². The van der Waals surface area contributed by atoms with Crippen LogP contribution >= 0.6 is 0 Å². The molecule has 0 bridgehead atoms. The molecule has 0 aromatic rings. The summed E-state index contributed by atoms with van der Waals surface area (Å²) in [6, 6.07) is 0. The summed E-state index contributed by atoms with van der Waals surface area (Å²) >= 11 is 0. The SMILES string of the molecule is [CH2]CN1CCCC2(COC2)C1. The van der Waals surface area contributed by atoms with Gasteiger partial charge in [-0.2, -0.15) is 0 Å². The van der Waals surface area contributed by atoms with Gasteiger partial charge in [0.25, 0.3) is 0 Å². The summed E-state index contributed by atoms with van der Waals surface area (Å²) in [7, 11) is 0. The first-order valence-electron chi connectivity index (χ1n) is 4.44. The van der Waals surface area contributed by atoms with Crippen molar-refractivity contribution in [2.24, 2.45) is 5.41 Å². The van der Waals surface area contributed by atoms with Crippen LogP contribution in [0.4, 0.5) is 0 Å². The van der Waals surface area contributed by atoms with Crippen molar-refractivity contribution in [2.45, 2.75) is 12.8 Å². The van der Waals surface area contributed by atoms with Gasteiger partial charge in [0.05, 0.1) is 13.2 Å². The van der Waals surface area contributed by atoms with E-state index in [1.807, 2.05) is 0 Å². The molecule has 2 fully saturated rings. The molecule has 2 aliphatic heterocycles. The van der Waals surface area contributed by atoms with Crippen LogP contribution < -0.4 is 0 Å². The normalized spacial score (nSPS) is 30.3. The van der Waals surface area contributed by atoms with Gasteiger partial charge in [-0.1, -0.05) is 0 Å². The van der Waals surface area contributed by atoms with Crippen LogP contribution in [0, 0.1) is 12.3 Å². The number of piperidine rings is 1. The van der Waals surface area contributed by atoms with Crippen LogP contribution in [0.5, 0.6) is 0 Å². The molecule has 63 valence electrons. The molecule has 1 spiro atoms. The standard InChI is InChI=1S/C9H16NO/c1-2-10-5-3-4-9(6-10)7-11-8-9/h1-8H2. The molecule has 2 aliphatic rings. The van der Waals surface area contributed by atoms with Crippen molar-refractivity contribution in [1.82, 2.24) is 4.90 Å². The van der Waals surface area contributed by atoms with Crippen molar-refractivity contribution >= 4 is 0 Å². The highest BCUT2D eigenvalue weighted by molar-refractivity contribution is 4.91. The molecule has 2 rings (SSSR count). The summed E-state index contributed by atoms with van der Waals surface area (Å²) in [5.74, 6) is 0. The van der Waals surface area contributed by atoms with E-state index in [9.17, 15) is 0 Å². The highest BCUT2D eigenvalue weighted by atomic mass is 16.5. The minimum Gasteiger partial charge on any atom is -0.380 e. The Bertz CT molecular complexity index is 142. The first-order valence-corrected chi connectivity index (χ1v) is 4.44. The minimum absolute atomic E-state index is 0.538. The molecule has 0 unspecified atom stereocenters. The van der Waals surface area contributed by atoms with Gasteiger partial charge in [-0.25, -0.2) is 0 Å². The van der Waals surface area contributed by atoms with Gasteiger partial charge in [-0.3, -0.25) is 0 Å². The van der Waals surface area contributed by atoms with Crippen LogP contribution in [0.2, 0.25) is 0 Å². The average molecular weight is 154 g/mol. The van der Waals surface area contributed by atoms with Crippen LogP contribution in [-0.4, -0.2) is 37.7 Å². The zero-order chi connectivity index (χ0) is 7.73. The zero-order valence-corrected chi connectivity index (χ0v) is 7.01. The maximum absolute atomic E-state index is 5.26. The predicted octanol–water partition coefficient (Wildman–Crippen LogP) is 0.933. The van der Waals surface area contributed by atoms with E-state index in [0.29, 0.717) is 5.41 Å². The third kappa shape index (κ3) is 1.30. The quantitative estimate of drug-likeness (QED) is 0.557. The summed E-state index contributed by atoms with van der Waals surface area (Å²) in [6.45, 7) is 9.32. The maximum Gasteiger partial charge on any atom is 0.0557 e. The summed E-state index contributed by atoms with van der Waals surface area (Å²) in [6.07, 6.45) is 2.70. The fourth-order valence-electron chi connectivity index (χ4n) is 2.13. The number of likely N-dealkylation sites (tertiary alicyclic amines) is 1. The molecule has 0 atom stereocenters.